The third-order valence-electron chi connectivity index (χ3n) is 3.04. The van der Waals surface area contributed by atoms with Crippen LogP contribution in [0, 0.1) is 0 Å². The fraction of sp³-hybridized carbons (Fsp3) is 0. The number of benzene rings is 2. The molecule has 0 atom stereocenters. The van der Waals surface area contributed by atoms with Crippen LogP contribution in [0.5, 0.6) is 0 Å². The predicted molar refractivity (Wildman–Crippen MR) is 91.7 cm³/mol. The molecule has 0 fully saturated rings. The van der Waals surface area contributed by atoms with E-state index in [4.69, 9.17) is 11.5 Å². The number of anilines is 3. The molecule has 114 valence electrons. The van der Waals surface area contributed by atoms with Crippen LogP contribution >= 0.6 is 0 Å². The van der Waals surface area contributed by atoms with Gasteiger partial charge in [-0.25, -0.2) is 0 Å². The summed E-state index contributed by atoms with van der Waals surface area (Å²) < 4.78 is 0. The Morgan fingerprint density at radius 3 is 2.22 bits per heavy atom. The molecule has 7 heteroatoms. The molecule has 0 aliphatic carbocycles. The van der Waals surface area contributed by atoms with Gasteiger partial charge in [0, 0.05) is 5.56 Å². The van der Waals surface area contributed by atoms with Crippen LogP contribution in [-0.4, -0.2) is 21.2 Å². The number of nitrogens with two attached hydrogens (primary N) is 2. The van der Waals surface area contributed by atoms with Gasteiger partial charge in [-0.3, -0.25) is 5.43 Å². The molecule has 0 aliphatic heterocycles. The number of hydrazone groups is 1. The number of nitrogens with zero attached hydrogens (tertiary/aromatic N) is 4. The smallest absolute Gasteiger partial charge is 0.225 e. The van der Waals surface area contributed by atoms with Crippen LogP contribution in [0.2, 0.25) is 0 Å². The summed E-state index contributed by atoms with van der Waals surface area (Å²) in [4.78, 5) is 12.0. The highest BCUT2D eigenvalue weighted by Gasteiger charge is 2.09. The van der Waals surface area contributed by atoms with Gasteiger partial charge in [-0.1, -0.05) is 42.5 Å². The van der Waals surface area contributed by atoms with Crippen LogP contribution in [0.4, 0.5) is 17.6 Å². The van der Waals surface area contributed by atoms with Crippen LogP contribution in [0.1, 0.15) is 5.56 Å². The Kier molecular flexibility index (Phi) is 4.10. The summed E-state index contributed by atoms with van der Waals surface area (Å²) in [5, 5.41) is 4.23. The van der Waals surface area contributed by atoms with E-state index in [-0.39, 0.29) is 11.9 Å². The van der Waals surface area contributed by atoms with E-state index in [1.807, 2.05) is 54.6 Å². The topological polar surface area (TPSA) is 115 Å². The van der Waals surface area contributed by atoms with Gasteiger partial charge in [0.15, 0.2) is 5.82 Å². The summed E-state index contributed by atoms with van der Waals surface area (Å²) in [5.41, 5.74) is 16.7. The van der Waals surface area contributed by atoms with Crippen molar-refractivity contribution in [1.29, 1.82) is 0 Å². The van der Waals surface area contributed by atoms with Gasteiger partial charge >= 0.3 is 0 Å². The molecule has 3 rings (SSSR count). The van der Waals surface area contributed by atoms with E-state index in [1.165, 1.54) is 0 Å². The first-order valence-electron chi connectivity index (χ1n) is 6.93. The van der Waals surface area contributed by atoms with Crippen LogP contribution in [0.3, 0.4) is 0 Å². The molecule has 1 heterocycles. The molecule has 0 bridgehead atoms. The van der Waals surface area contributed by atoms with Gasteiger partial charge in [-0.2, -0.15) is 20.1 Å². The molecule has 0 spiro atoms. The molecule has 0 radical (unpaired) electrons. The Morgan fingerprint density at radius 2 is 1.48 bits per heavy atom. The zero-order valence-electron chi connectivity index (χ0n) is 12.2. The number of nitrogen functional groups attached to an aromatic ring is 2. The molecule has 1 aromatic heterocycles. The van der Waals surface area contributed by atoms with E-state index in [9.17, 15) is 0 Å². The van der Waals surface area contributed by atoms with E-state index < -0.39 is 0 Å². The molecule has 0 unspecified atom stereocenters. The fourth-order valence-corrected chi connectivity index (χ4v) is 2.02. The standard InChI is InChI=1S/C16H15N7/c17-15-20-14(21-16(18)22-15)12-8-4-5-9-13(12)23-19-10-11-6-2-1-3-7-11/h1-10,23H,(H4,17,18,20,21,22)/b19-10+. The second kappa shape index (κ2) is 6.52. The van der Waals surface area contributed by atoms with Crippen LogP contribution in [0.25, 0.3) is 11.4 Å². The van der Waals surface area contributed by atoms with Crippen molar-refractivity contribution in [2.24, 2.45) is 5.10 Å². The number of nitrogens with one attached hydrogen (secondary N) is 1. The molecule has 0 saturated heterocycles. The van der Waals surface area contributed by atoms with Gasteiger partial charge in [0.25, 0.3) is 0 Å². The highest BCUT2D eigenvalue weighted by atomic mass is 15.3. The minimum atomic E-state index is 0.0788. The number of rotatable bonds is 4. The van der Waals surface area contributed by atoms with Crippen molar-refractivity contribution in [1.82, 2.24) is 15.0 Å². The third-order valence-corrected chi connectivity index (χ3v) is 3.04. The van der Waals surface area contributed by atoms with Crippen LogP contribution in [0.15, 0.2) is 59.7 Å². The highest BCUT2D eigenvalue weighted by molar-refractivity contribution is 5.81. The molecule has 7 nitrogen and oxygen atoms in total. The lowest BCUT2D eigenvalue weighted by atomic mass is 10.1. The molecule has 2 aromatic carbocycles. The SMILES string of the molecule is Nc1nc(N)nc(-c2ccccc2N/N=C/c2ccccc2)n1. The lowest BCUT2D eigenvalue weighted by Crippen LogP contribution is -2.05. The Balaban J connectivity index is 1.87. The Labute approximate surface area is 133 Å². The summed E-state index contributed by atoms with van der Waals surface area (Å²) in [6, 6.07) is 17.3. The maximum absolute atomic E-state index is 5.63. The number of aromatic nitrogens is 3. The summed E-state index contributed by atoms with van der Waals surface area (Å²) >= 11 is 0. The second-order valence-corrected chi connectivity index (χ2v) is 4.70. The first-order valence-corrected chi connectivity index (χ1v) is 6.93. The van der Waals surface area contributed by atoms with E-state index in [0.29, 0.717) is 5.82 Å². The Bertz CT molecular complexity index is 811. The lowest BCUT2D eigenvalue weighted by molar-refractivity contribution is 1.09. The third kappa shape index (κ3) is 3.59. The number of hydrogen-bond donors (Lipinski definition) is 3. The van der Waals surface area contributed by atoms with Crippen LogP contribution < -0.4 is 16.9 Å². The molecular weight excluding hydrogens is 290 g/mol. The molecule has 0 saturated carbocycles. The molecular formula is C16H15N7. The average molecular weight is 305 g/mol. The number of para-hydroxylation sites is 1. The van der Waals surface area contributed by atoms with Crippen molar-refractivity contribution in [3.63, 3.8) is 0 Å². The van der Waals surface area contributed by atoms with Gasteiger partial charge < -0.3 is 11.5 Å². The van der Waals surface area contributed by atoms with Gasteiger partial charge in [-0.15, -0.1) is 0 Å². The molecule has 23 heavy (non-hydrogen) atoms. The van der Waals surface area contributed by atoms with Crippen LogP contribution in [-0.2, 0) is 0 Å². The van der Waals surface area contributed by atoms with Crippen molar-refractivity contribution in [3.05, 3.63) is 60.2 Å². The molecule has 5 N–H and O–H groups in total. The van der Waals surface area contributed by atoms with Gasteiger partial charge in [0.2, 0.25) is 11.9 Å². The minimum absolute atomic E-state index is 0.0788. The maximum Gasteiger partial charge on any atom is 0.225 e. The van der Waals surface area contributed by atoms with Crippen molar-refractivity contribution >= 4 is 23.8 Å². The maximum atomic E-state index is 5.63. The summed E-state index contributed by atoms with van der Waals surface area (Å²) in [6.07, 6.45) is 1.73. The first-order chi connectivity index (χ1) is 11.2. The van der Waals surface area contributed by atoms with Crippen molar-refractivity contribution < 1.29 is 0 Å². The molecule has 3 aromatic rings. The average Bonchev–Trinajstić information content (AvgIpc) is 2.55. The summed E-state index contributed by atoms with van der Waals surface area (Å²) in [6.45, 7) is 0. The first kappa shape index (κ1) is 14.5. The van der Waals surface area contributed by atoms with E-state index >= 15 is 0 Å². The quantitative estimate of drug-likeness (QED) is 0.502. The Hall–Kier alpha value is -3.48. The van der Waals surface area contributed by atoms with E-state index in [1.54, 1.807) is 6.21 Å². The second-order valence-electron chi connectivity index (χ2n) is 4.70. The summed E-state index contributed by atoms with van der Waals surface area (Å²) in [7, 11) is 0. The monoisotopic (exact) mass is 305 g/mol. The highest BCUT2D eigenvalue weighted by Crippen LogP contribution is 2.25. The van der Waals surface area contributed by atoms with Crippen molar-refractivity contribution in [3.8, 4) is 11.4 Å². The van der Waals surface area contributed by atoms with Crippen molar-refractivity contribution in [2.45, 2.75) is 0 Å². The number of hydrogen-bond acceptors (Lipinski definition) is 7. The van der Waals surface area contributed by atoms with Crippen molar-refractivity contribution in [2.75, 3.05) is 16.9 Å². The largest absolute Gasteiger partial charge is 0.368 e. The zero-order chi connectivity index (χ0) is 16.1. The van der Waals surface area contributed by atoms with Gasteiger partial charge in [0.1, 0.15) is 0 Å². The lowest BCUT2D eigenvalue weighted by Gasteiger charge is -2.08. The van der Waals surface area contributed by atoms with E-state index in [0.717, 1.165) is 16.8 Å². The van der Waals surface area contributed by atoms with Gasteiger partial charge in [0.05, 0.1) is 11.9 Å². The Morgan fingerprint density at radius 1 is 0.826 bits per heavy atom. The van der Waals surface area contributed by atoms with E-state index in [2.05, 4.69) is 25.5 Å². The minimum Gasteiger partial charge on any atom is -0.368 e. The zero-order valence-corrected chi connectivity index (χ0v) is 12.2. The summed E-state index contributed by atoms with van der Waals surface area (Å²) in [5.74, 6) is 0.554. The predicted octanol–water partition coefficient (Wildman–Crippen LogP) is 2.15. The van der Waals surface area contributed by atoms with Gasteiger partial charge in [-0.05, 0) is 17.7 Å². The normalized spacial score (nSPS) is 10.8. The molecule has 0 aliphatic rings. The molecule has 0 amide bonds. The fourth-order valence-electron chi connectivity index (χ4n) is 2.02.